The second kappa shape index (κ2) is 7.61. The Bertz CT molecular complexity index is 610. The predicted molar refractivity (Wildman–Crippen MR) is 80.1 cm³/mol. The van der Waals surface area contributed by atoms with Crippen LogP contribution >= 0.6 is 0 Å². The molecule has 2 aromatic rings. The fraction of sp³-hybridized carbons (Fsp3) is 0.312. The summed E-state index contributed by atoms with van der Waals surface area (Å²) in [5, 5.41) is 0. The highest BCUT2D eigenvalue weighted by Crippen LogP contribution is 2.12. The van der Waals surface area contributed by atoms with Gasteiger partial charge in [0.2, 0.25) is 0 Å². The maximum atomic E-state index is 12.7. The molecule has 0 aliphatic heterocycles. The minimum atomic E-state index is -0.297. The fourth-order valence-corrected chi connectivity index (χ4v) is 1.94. The summed E-state index contributed by atoms with van der Waals surface area (Å²) < 4.78 is 23.4. The molecule has 0 atom stereocenters. The molecule has 2 N–H and O–H groups in total. The summed E-state index contributed by atoms with van der Waals surface area (Å²) >= 11 is 0. The second-order valence-corrected chi connectivity index (χ2v) is 4.89. The Morgan fingerprint density at radius 2 is 2.09 bits per heavy atom. The molecule has 0 aliphatic rings. The van der Waals surface area contributed by atoms with Crippen LogP contribution in [0.25, 0.3) is 0 Å². The molecule has 0 bridgehead atoms. The van der Waals surface area contributed by atoms with Crippen LogP contribution in [0.5, 0.6) is 5.75 Å². The van der Waals surface area contributed by atoms with E-state index in [0.29, 0.717) is 36.6 Å². The van der Waals surface area contributed by atoms with Crippen LogP contribution in [0.2, 0.25) is 0 Å². The highest BCUT2D eigenvalue weighted by Gasteiger charge is 2.14. The number of nitrogens with zero attached hydrogens (tertiary/aromatic N) is 1. The van der Waals surface area contributed by atoms with Crippen molar-refractivity contribution in [3.8, 4) is 5.75 Å². The molecule has 1 aromatic carbocycles. The minimum Gasteiger partial charge on any atom is -0.494 e. The lowest BCUT2D eigenvalue weighted by Crippen LogP contribution is -2.28. The van der Waals surface area contributed by atoms with E-state index in [1.807, 2.05) is 0 Å². The van der Waals surface area contributed by atoms with Crippen molar-refractivity contribution in [1.82, 2.24) is 4.90 Å². The van der Waals surface area contributed by atoms with E-state index in [-0.39, 0.29) is 18.3 Å². The molecule has 0 saturated heterocycles. The van der Waals surface area contributed by atoms with Gasteiger partial charge in [0.1, 0.15) is 23.6 Å². The van der Waals surface area contributed by atoms with Gasteiger partial charge in [-0.15, -0.1) is 0 Å². The monoisotopic (exact) mass is 306 g/mol. The van der Waals surface area contributed by atoms with Crippen molar-refractivity contribution in [3.05, 3.63) is 53.7 Å². The first-order chi connectivity index (χ1) is 10.6. The standard InChI is InChI=1S/C16H19FN2O3/c1-19(16(20)12-9-15(10-18)22-11-12)7-2-8-21-14-5-3-13(17)4-6-14/h3-6,9,11H,2,7-8,10,18H2,1H3. The van der Waals surface area contributed by atoms with E-state index in [2.05, 4.69) is 0 Å². The molecule has 0 saturated carbocycles. The first-order valence-electron chi connectivity index (χ1n) is 7.01. The molecule has 0 radical (unpaired) electrons. The zero-order valence-corrected chi connectivity index (χ0v) is 12.4. The van der Waals surface area contributed by atoms with Gasteiger partial charge in [-0.1, -0.05) is 0 Å². The smallest absolute Gasteiger partial charge is 0.256 e. The third-order valence-electron chi connectivity index (χ3n) is 3.17. The van der Waals surface area contributed by atoms with Crippen LogP contribution in [0.4, 0.5) is 4.39 Å². The lowest BCUT2D eigenvalue weighted by molar-refractivity contribution is 0.0787. The van der Waals surface area contributed by atoms with Crippen LogP contribution in [-0.2, 0) is 6.54 Å². The van der Waals surface area contributed by atoms with Crippen LogP contribution in [0.15, 0.2) is 41.0 Å². The van der Waals surface area contributed by atoms with Crippen molar-refractivity contribution in [2.75, 3.05) is 20.2 Å². The maximum absolute atomic E-state index is 12.7. The molecule has 0 fully saturated rings. The Morgan fingerprint density at radius 3 is 2.73 bits per heavy atom. The van der Waals surface area contributed by atoms with Gasteiger partial charge in [0.05, 0.1) is 18.7 Å². The molecule has 2 rings (SSSR count). The Morgan fingerprint density at radius 1 is 1.36 bits per heavy atom. The molecule has 1 aromatic heterocycles. The zero-order valence-electron chi connectivity index (χ0n) is 12.4. The van der Waals surface area contributed by atoms with Crippen molar-refractivity contribution in [2.45, 2.75) is 13.0 Å². The van der Waals surface area contributed by atoms with Gasteiger partial charge in [0.15, 0.2) is 0 Å². The third-order valence-corrected chi connectivity index (χ3v) is 3.17. The van der Waals surface area contributed by atoms with E-state index < -0.39 is 0 Å². The second-order valence-electron chi connectivity index (χ2n) is 4.89. The molecule has 0 aliphatic carbocycles. The van der Waals surface area contributed by atoms with Crippen molar-refractivity contribution in [2.24, 2.45) is 5.73 Å². The van der Waals surface area contributed by atoms with Gasteiger partial charge in [-0.05, 0) is 36.8 Å². The number of carbonyl (C=O) groups is 1. The molecule has 6 heteroatoms. The van der Waals surface area contributed by atoms with Crippen LogP contribution in [0, 0.1) is 5.82 Å². The Kier molecular flexibility index (Phi) is 5.55. The number of nitrogens with two attached hydrogens (primary N) is 1. The quantitative estimate of drug-likeness (QED) is 0.798. The van der Waals surface area contributed by atoms with Gasteiger partial charge in [0.25, 0.3) is 5.91 Å². The number of rotatable bonds is 7. The van der Waals surface area contributed by atoms with Gasteiger partial charge in [-0.3, -0.25) is 4.79 Å². The maximum Gasteiger partial charge on any atom is 0.256 e. The number of carbonyl (C=O) groups excluding carboxylic acids is 1. The van der Waals surface area contributed by atoms with E-state index in [0.717, 1.165) is 0 Å². The van der Waals surface area contributed by atoms with Gasteiger partial charge in [-0.25, -0.2) is 4.39 Å². The number of ether oxygens (including phenoxy) is 1. The molecule has 0 spiro atoms. The van der Waals surface area contributed by atoms with E-state index >= 15 is 0 Å². The number of halogens is 1. The van der Waals surface area contributed by atoms with Crippen molar-refractivity contribution < 1.29 is 18.3 Å². The normalized spacial score (nSPS) is 10.5. The Balaban J connectivity index is 1.74. The van der Waals surface area contributed by atoms with Gasteiger partial charge < -0.3 is 19.8 Å². The summed E-state index contributed by atoms with van der Waals surface area (Å²) in [5.74, 6) is 0.772. The number of hydrogen-bond acceptors (Lipinski definition) is 4. The number of hydrogen-bond donors (Lipinski definition) is 1. The lowest BCUT2D eigenvalue weighted by atomic mass is 10.2. The molecule has 1 heterocycles. The summed E-state index contributed by atoms with van der Waals surface area (Å²) in [7, 11) is 1.72. The lowest BCUT2D eigenvalue weighted by Gasteiger charge is -2.16. The Labute approximate surface area is 128 Å². The predicted octanol–water partition coefficient (Wildman–Crippen LogP) is 2.42. The number of amides is 1. The van der Waals surface area contributed by atoms with Crippen LogP contribution < -0.4 is 10.5 Å². The van der Waals surface area contributed by atoms with Crippen LogP contribution in [-0.4, -0.2) is 31.0 Å². The largest absolute Gasteiger partial charge is 0.494 e. The fourth-order valence-electron chi connectivity index (χ4n) is 1.94. The molecule has 22 heavy (non-hydrogen) atoms. The van der Waals surface area contributed by atoms with E-state index in [9.17, 15) is 9.18 Å². The van der Waals surface area contributed by atoms with E-state index in [1.54, 1.807) is 30.1 Å². The topological polar surface area (TPSA) is 68.7 Å². The number of furan rings is 1. The van der Waals surface area contributed by atoms with Gasteiger partial charge >= 0.3 is 0 Å². The molecular weight excluding hydrogens is 287 g/mol. The van der Waals surface area contributed by atoms with E-state index in [1.165, 1.54) is 18.4 Å². The third kappa shape index (κ3) is 4.33. The van der Waals surface area contributed by atoms with Crippen molar-refractivity contribution in [1.29, 1.82) is 0 Å². The number of benzene rings is 1. The molecule has 0 unspecified atom stereocenters. The highest BCUT2D eigenvalue weighted by molar-refractivity contribution is 5.93. The summed E-state index contributed by atoms with van der Waals surface area (Å²) in [6.07, 6.45) is 2.08. The van der Waals surface area contributed by atoms with Crippen LogP contribution in [0.1, 0.15) is 22.5 Å². The van der Waals surface area contributed by atoms with Gasteiger partial charge in [0, 0.05) is 13.6 Å². The summed E-state index contributed by atoms with van der Waals surface area (Å²) in [5.41, 5.74) is 5.93. The average molecular weight is 306 g/mol. The highest BCUT2D eigenvalue weighted by atomic mass is 19.1. The molecular formula is C16H19FN2O3. The summed E-state index contributed by atoms with van der Waals surface area (Å²) in [6.45, 7) is 1.26. The SMILES string of the molecule is CN(CCCOc1ccc(F)cc1)C(=O)c1coc(CN)c1. The van der Waals surface area contributed by atoms with Gasteiger partial charge in [-0.2, -0.15) is 0 Å². The van der Waals surface area contributed by atoms with E-state index in [4.69, 9.17) is 14.9 Å². The molecule has 1 amide bonds. The first-order valence-corrected chi connectivity index (χ1v) is 7.01. The molecule has 118 valence electrons. The average Bonchev–Trinajstić information content (AvgIpc) is 3.01. The minimum absolute atomic E-state index is 0.120. The molecule has 5 nitrogen and oxygen atoms in total. The zero-order chi connectivity index (χ0) is 15.9. The van der Waals surface area contributed by atoms with Crippen molar-refractivity contribution in [3.63, 3.8) is 0 Å². The Hall–Kier alpha value is -2.34. The van der Waals surface area contributed by atoms with Crippen LogP contribution in [0.3, 0.4) is 0 Å². The first kappa shape index (κ1) is 16.0. The summed E-state index contributed by atoms with van der Waals surface area (Å²) in [4.78, 5) is 13.7. The van der Waals surface area contributed by atoms with Crippen molar-refractivity contribution >= 4 is 5.91 Å². The summed E-state index contributed by atoms with van der Waals surface area (Å²) in [6, 6.07) is 7.49.